The molecule has 1 atom stereocenters. The molecule has 1 fully saturated rings. The molecule has 1 aromatic carbocycles. The minimum Gasteiger partial charge on any atom is -0.444 e. The van der Waals surface area contributed by atoms with E-state index in [0.29, 0.717) is 41.1 Å². The molecule has 2 aromatic rings. The van der Waals surface area contributed by atoms with Crippen molar-refractivity contribution in [2.75, 3.05) is 29.9 Å². The van der Waals surface area contributed by atoms with Crippen LogP contribution in [-0.2, 0) is 4.74 Å². The summed E-state index contributed by atoms with van der Waals surface area (Å²) in [5.41, 5.74) is -0.452. The van der Waals surface area contributed by atoms with Crippen LogP contribution in [0.3, 0.4) is 0 Å². The summed E-state index contributed by atoms with van der Waals surface area (Å²) >= 11 is 3.98. The zero-order valence-corrected chi connectivity index (χ0v) is 20.7. The molecular weight excluding hydrogens is 526 g/mol. The molecule has 10 nitrogen and oxygen atoms in total. The summed E-state index contributed by atoms with van der Waals surface area (Å²) < 4.78 is 31.7. The minimum absolute atomic E-state index is 0.0144. The second kappa shape index (κ2) is 9.71. The van der Waals surface area contributed by atoms with Crippen LogP contribution in [0, 0.1) is 10.1 Å². The molecule has 3 rings (SSSR count). The number of nitrogens with one attached hydrogen (secondary N) is 1. The number of piperazine rings is 1. The summed E-state index contributed by atoms with van der Waals surface area (Å²) in [6, 6.07) is 2.83. The standard InChI is InChI=1S/C19H23BrF2N6O4S/c1-10-9-26(5-6-27(10)18(29)32-19(2,3)4)13-8-11(20)7-12(14(13)28(30)31)23-17-25-24-16(33-17)15(21)22/h7-8,10,15H,5-6,9H2,1-4H3,(H,23,25)/t10-/m1/s1. The Labute approximate surface area is 201 Å². The van der Waals surface area contributed by atoms with Crippen molar-refractivity contribution in [3.05, 3.63) is 31.7 Å². The van der Waals surface area contributed by atoms with E-state index < -0.39 is 28.1 Å². The van der Waals surface area contributed by atoms with Gasteiger partial charge in [-0.05, 0) is 39.8 Å². The number of halogens is 3. The van der Waals surface area contributed by atoms with Crippen LogP contribution in [0.25, 0.3) is 0 Å². The van der Waals surface area contributed by atoms with Gasteiger partial charge in [-0.2, -0.15) is 0 Å². The van der Waals surface area contributed by atoms with E-state index in [1.165, 1.54) is 6.07 Å². The maximum Gasteiger partial charge on any atom is 0.410 e. The van der Waals surface area contributed by atoms with Crippen molar-refractivity contribution in [2.45, 2.75) is 45.8 Å². The highest BCUT2D eigenvalue weighted by Gasteiger charge is 2.34. The van der Waals surface area contributed by atoms with E-state index in [2.05, 4.69) is 31.4 Å². The summed E-state index contributed by atoms with van der Waals surface area (Å²) in [7, 11) is 0. The van der Waals surface area contributed by atoms with Crippen LogP contribution in [0.4, 0.5) is 35.8 Å². The number of nitro benzene ring substituents is 1. The van der Waals surface area contributed by atoms with Crippen LogP contribution in [0.1, 0.15) is 39.1 Å². The summed E-state index contributed by atoms with van der Waals surface area (Å²) in [5, 5.41) is 21.3. The molecule has 1 saturated heterocycles. The maximum atomic E-state index is 12.8. The number of hydrogen-bond acceptors (Lipinski definition) is 9. The molecule has 0 radical (unpaired) electrons. The summed E-state index contributed by atoms with van der Waals surface area (Å²) in [6.45, 7) is 8.19. The molecule has 180 valence electrons. The van der Waals surface area contributed by atoms with Gasteiger partial charge in [0, 0.05) is 30.1 Å². The molecule has 1 aliphatic heterocycles. The topological polar surface area (TPSA) is 114 Å². The lowest BCUT2D eigenvalue weighted by atomic mass is 10.1. The van der Waals surface area contributed by atoms with Crippen molar-refractivity contribution >= 4 is 55.6 Å². The number of aromatic nitrogens is 2. The molecule has 1 aliphatic rings. The first-order valence-corrected chi connectivity index (χ1v) is 11.6. The Morgan fingerprint density at radius 1 is 1.36 bits per heavy atom. The molecule has 1 aromatic heterocycles. The number of carbonyl (C=O) groups is 1. The number of nitrogens with zero attached hydrogens (tertiary/aromatic N) is 5. The van der Waals surface area contributed by atoms with Crippen LogP contribution in [0.2, 0.25) is 0 Å². The van der Waals surface area contributed by atoms with Crippen LogP contribution < -0.4 is 10.2 Å². The predicted octanol–water partition coefficient (Wildman–Crippen LogP) is 5.34. The van der Waals surface area contributed by atoms with Crippen molar-refractivity contribution in [3.63, 3.8) is 0 Å². The summed E-state index contributed by atoms with van der Waals surface area (Å²) in [6.07, 6.45) is -3.22. The van der Waals surface area contributed by atoms with Gasteiger partial charge in [0.25, 0.3) is 6.43 Å². The molecule has 0 bridgehead atoms. The highest BCUT2D eigenvalue weighted by Crippen LogP contribution is 2.41. The molecule has 33 heavy (non-hydrogen) atoms. The predicted molar refractivity (Wildman–Crippen MR) is 124 cm³/mol. The quantitative estimate of drug-likeness (QED) is 0.393. The maximum absolute atomic E-state index is 12.8. The second-order valence-corrected chi connectivity index (χ2v) is 10.3. The lowest BCUT2D eigenvalue weighted by Gasteiger charge is -2.41. The number of rotatable bonds is 5. The van der Waals surface area contributed by atoms with E-state index in [1.807, 2.05) is 11.8 Å². The number of alkyl halides is 2. The van der Waals surface area contributed by atoms with Crippen LogP contribution in [0.5, 0.6) is 0 Å². The number of nitro groups is 1. The minimum atomic E-state index is -2.78. The average molecular weight is 549 g/mol. The number of amides is 1. The Kier molecular flexibility index (Phi) is 7.36. The summed E-state index contributed by atoms with van der Waals surface area (Å²) in [4.78, 5) is 27.4. The lowest BCUT2D eigenvalue weighted by Crippen LogP contribution is -2.55. The molecule has 0 unspecified atom stereocenters. The number of benzene rings is 1. The monoisotopic (exact) mass is 548 g/mol. The van der Waals surface area contributed by atoms with Gasteiger partial charge in [0.2, 0.25) is 5.13 Å². The van der Waals surface area contributed by atoms with E-state index in [-0.39, 0.29) is 22.5 Å². The molecule has 0 saturated carbocycles. The van der Waals surface area contributed by atoms with Gasteiger partial charge in [-0.1, -0.05) is 27.3 Å². The van der Waals surface area contributed by atoms with Crippen molar-refractivity contribution < 1.29 is 23.2 Å². The Hall–Kier alpha value is -2.61. The zero-order valence-electron chi connectivity index (χ0n) is 18.3. The number of anilines is 3. The number of carbonyl (C=O) groups excluding carboxylic acids is 1. The number of ether oxygens (including phenoxy) is 1. The SMILES string of the molecule is C[C@@H]1CN(c2cc(Br)cc(Nc3nnc(C(F)F)s3)c2[N+](=O)[O-])CCN1C(=O)OC(C)(C)C. The van der Waals surface area contributed by atoms with Gasteiger partial charge in [-0.3, -0.25) is 10.1 Å². The van der Waals surface area contributed by atoms with E-state index in [9.17, 15) is 23.7 Å². The largest absolute Gasteiger partial charge is 0.444 e. The van der Waals surface area contributed by atoms with Gasteiger partial charge in [0.15, 0.2) is 5.01 Å². The zero-order chi connectivity index (χ0) is 24.5. The van der Waals surface area contributed by atoms with E-state index in [0.717, 1.165) is 0 Å². The first-order valence-electron chi connectivity index (χ1n) is 9.97. The number of hydrogen-bond donors (Lipinski definition) is 1. The third kappa shape index (κ3) is 6.05. The Morgan fingerprint density at radius 2 is 2.06 bits per heavy atom. The van der Waals surface area contributed by atoms with Gasteiger partial charge >= 0.3 is 11.8 Å². The first kappa shape index (κ1) is 25.0. The fraction of sp³-hybridized carbons (Fsp3) is 0.526. The van der Waals surface area contributed by atoms with Crippen LogP contribution in [-0.4, -0.2) is 57.4 Å². The highest BCUT2D eigenvalue weighted by molar-refractivity contribution is 9.10. The fourth-order valence-corrected chi connectivity index (χ4v) is 4.43. The van der Waals surface area contributed by atoms with Crippen LogP contribution >= 0.6 is 27.3 Å². The van der Waals surface area contributed by atoms with E-state index in [4.69, 9.17) is 4.74 Å². The lowest BCUT2D eigenvalue weighted by molar-refractivity contribution is -0.383. The van der Waals surface area contributed by atoms with Gasteiger partial charge < -0.3 is 19.9 Å². The third-order valence-corrected chi connectivity index (χ3v) is 6.01. The Balaban J connectivity index is 1.87. The Bertz CT molecular complexity index is 1050. The second-order valence-electron chi connectivity index (χ2n) is 8.42. The normalized spacial score (nSPS) is 16.8. The van der Waals surface area contributed by atoms with Crippen molar-refractivity contribution in [1.82, 2.24) is 15.1 Å². The molecule has 1 amide bonds. The summed E-state index contributed by atoms with van der Waals surface area (Å²) in [5.74, 6) is 0. The first-order chi connectivity index (χ1) is 15.4. The van der Waals surface area contributed by atoms with E-state index in [1.54, 1.807) is 31.7 Å². The Morgan fingerprint density at radius 3 is 2.61 bits per heavy atom. The van der Waals surface area contributed by atoms with Gasteiger partial charge in [-0.25, -0.2) is 13.6 Å². The fourth-order valence-electron chi connectivity index (χ4n) is 3.37. The molecular formula is C19H23BrF2N6O4S. The molecule has 1 N–H and O–H groups in total. The molecule has 0 aliphatic carbocycles. The molecule has 0 spiro atoms. The smallest absolute Gasteiger partial charge is 0.410 e. The average Bonchev–Trinajstić information content (AvgIpc) is 3.14. The highest BCUT2D eigenvalue weighted by atomic mass is 79.9. The van der Waals surface area contributed by atoms with Crippen LogP contribution in [0.15, 0.2) is 16.6 Å². The van der Waals surface area contributed by atoms with Gasteiger partial charge in [0.1, 0.15) is 17.0 Å². The van der Waals surface area contributed by atoms with Gasteiger partial charge in [-0.15, -0.1) is 10.2 Å². The van der Waals surface area contributed by atoms with Crippen molar-refractivity contribution in [1.29, 1.82) is 0 Å². The molecule has 2 heterocycles. The van der Waals surface area contributed by atoms with Crippen molar-refractivity contribution in [3.8, 4) is 0 Å². The van der Waals surface area contributed by atoms with Crippen molar-refractivity contribution in [2.24, 2.45) is 0 Å². The molecule has 14 heteroatoms. The third-order valence-electron chi connectivity index (χ3n) is 4.70. The van der Waals surface area contributed by atoms with Gasteiger partial charge in [0.05, 0.1) is 4.92 Å². The van der Waals surface area contributed by atoms with E-state index >= 15 is 0 Å².